The molecular weight excluding hydrogens is 457 g/mol. The minimum absolute atomic E-state index is 0.409. The van der Waals surface area contributed by atoms with Crippen LogP contribution >= 0.6 is 0 Å². The molecule has 3 heterocycles. The number of imidazole rings is 1. The summed E-state index contributed by atoms with van der Waals surface area (Å²) >= 11 is 0. The summed E-state index contributed by atoms with van der Waals surface area (Å²) in [6.07, 6.45) is 0.304. The lowest BCUT2D eigenvalue weighted by molar-refractivity contribution is -0.137. The highest BCUT2D eigenvalue weighted by atomic mass is 19.4. The van der Waals surface area contributed by atoms with Gasteiger partial charge in [0.15, 0.2) is 5.82 Å². The Morgan fingerprint density at radius 1 is 1.03 bits per heavy atom. The Hall–Kier alpha value is -4.47. The molecule has 35 heavy (non-hydrogen) atoms. The number of amides is 1. The normalized spacial score (nSPS) is 11.7. The first-order chi connectivity index (χ1) is 16.7. The van der Waals surface area contributed by atoms with Crippen LogP contribution in [0.4, 0.5) is 18.9 Å². The number of fused-ring (bicyclic) bond motifs is 1. The monoisotopic (exact) mass is 476 g/mol. The van der Waals surface area contributed by atoms with Gasteiger partial charge in [0.05, 0.1) is 29.0 Å². The zero-order chi connectivity index (χ0) is 24.7. The number of carbonyl (C=O) groups excluding carboxylic acids is 1. The van der Waals surface area contributed by atoms with Crippen molar-refractivity contribution in [1.29, 1.82) is 0 Å². The first-order valence-corrected chi connectivity index (χ1v) is 10.6. The van der Waals surface area contributed by atoms with Gasteiger partial charge in [0.1, 0.15) is 5.69 Å². The maximum atomic E-state index is 13.8. The van der Waals surface area contributed by atoms with E-state index in [0.29, 0.717) is 33.8 Å². The summed E-state index contributed by atoms with van der Waals surface area (Å²) in [6.45, 7) is 1.88. The molecule has 10 heteroatoms. The van der Waals surface area contributed by atoms with Gasteiger partial charge in [-0.1, -0.05) is 35.0 Å². The molecule has 0 bridgehead atoms. The van der Waals surface area contributed by atoms with Gasteiger partial charge in [-0.3, -0.25) is 9.20 Å². The third kappa shape index (κ3) is 4.14. The van der Waals surface area contributed by atoms with Crippen LogP contribution in [0.15, 0.2) is 73.2 Å². The zero-order valence-corrected chi connectivity index (χ0v) is 18.7. The molecule has 1 amide bonds. The molecule has 0 atom stereocenters. The van der Waals surface area contributed by atoms with Crippen molar-refractivity contribution in [2.45, 2.75) is 13.1 Å². The molecule has 5 rings (SSSR count). The number of alkyl halides is 3. The van der Waals surface area contributed by atoms with Gasteiger partial charge >= 0.3 is 6.18 Å². The maximum absolute atomic E-state index is 13.8. The van der Waals surface area contributed by atoms with Crippen LogP contribution in [0.3, 0.4) is 0 Å². The van der Waals surface area contributed by atoms with E-state index in [1.54, 1.807) is 71.1 Å². The Bertz CT molecular complexity index is 1550. The van der Waals surface area contributed by atoms with Gasteiger partial charge in [0.2, 0.25) is 0 Å². The van der Waals surface area contributed by atoms with Crippen LogP contribution in [0.1, 0.15) is 21.5 Å². The number of rotatable bonds is 4. The molecule has 0 saturated carbocycles. The number of nitrogens with zero attached hydrogens (tertiary/aromatic N) is 5. The highest BCUT2D eigenvalue weighted by Crippen LogP contribution is 2.36. The van der Waals surface area contributed by atoms with Crippen LogP contribution in [0, 0.1) is 6.92 Å². The number of hydrogen-bond acceptors (Lipinski definition) is 4. The SMILES string of the molecule is Cc1ccc(NC(=O)c2cc(-c3cccn4c(-c5cnnn5C)ncc34)ccc2C(F)(F)F)cc1. The lowest BCUT2D eigenvalue weighted by Gasteiger charge is -2.15. The molecule has 2 aromatic carbocycles. The van der Waals surface area contributed by atoms with Crippen molar-refractivity contribution in [1.82, 2.24) is 24.4 Å². The number of halogens is 3. The fourth-order valence-electron chi connectivity index (χ4n) is 3.93. The Morgan fingerprint density at radius 2 is 1.80 bits per heavy atom. The van der Waals surface area contributed by atoms with E-state index >= 15 is 0 Å². The van der Waals surface area contributed by atoms with Gasteiger partial charge in [-0.15, -0.1) is 5.10 Å². The van der Waals surface area contributed by atoms with E-state index in [-0.39, 0.29) is 0 Å². The van der Waals surface area contributed by atoms with Gasteiger partial charge < -0.3 is 5.32 Å². The molecule has 0 aliphatic heterocycles. The van der Waals surface area contributed by atoms with Gasteiger partial charge in [0, 0.05) is 24.5 Å². The summed E-state index contributed by atoms with van der Waals surface area (Å²) in [5.74, 6) is -0.260. The first kappa shape index (κ1) is 22.3. The van der Waals surface area contributed by atoms with E-state index in [1.807, 2.05) is 6.92 Å². The molecule has 3 aromatic heterocycles. The predicted octanol–water partition coefficient (Wildman–Crippen LogP) is 5.38. The molecule has 0 aliphatic carbocycles. The predicted molar refractivity (Wildman–Crippen MR) is 125 cm³/mol. The van der Waals surface area contributed by atoms with Crippen molar-refractivity contribution in [3.8, 4) is 22.6 Å². The number of benzene rings is 2. The molecule has 0 fully saturated rings. The molecule has 0 unspecified atom stereocenters. The number of aryl methyl sites for hydroxylation is 2. The van der Waals surface area contributed by atoms with Crippen molar-refractivity contribution in [3.05, 3.63) is 89.9 Å². The average molecular weight is 476 g/mol. The standard InChI is InChI=1S/C25H19F3N6O/c1-15-5-8-17(9-6-15)31-24(35)19-12-16(7-10-20(19)25(26,27)28)18-4-3-11-34-21(18)13-29-23(34)22-14-30-32-33(22)2/h3-14H,1-2H3,(H,31,35). The average Bonchev–Trinajstić information content (AvgIpc) is 3.45. The molecule has 0 spiro atoms. The largest absolute Gasteiger partial charge is 0.417 e. The molecule has 1 N–H and O–H groups in total. The molecule has 0 radical (unpaired) electrons. The fraction of sp³-hybridized carbons (Fsp3) is 0.120. The Morgan fingerprint density at radius 3 is 2.49 bits per heavy atom. The van der Waals surface area contributed by atoms with E-state index in [1.165, 1.54) is 12.1 Å². The lowest BCUT2D eigenvalue weighted by Crippen LogP contribution is -2.19. The smallest absolute Gasteiger partial charge is 0.322 e. The summed E-state index contributed by atoms with van der Waals surface area (Å²) in [4.78, 5) is 17.4. The Labute approximate surface area is 197 Å². The zero-order valence-electron chi connectivity index (χ0n) is 18.7. The topological polar surface area (TPSA) is 77.1 Å². The number of carbonyl (C=O) groups is 1. The van der Waals surface area contributed by atoms with Crippen molar-refractivity contribution in [2.24, 2.45) is 7.05 Å². The summed E-state index contributed by atoms with van der Waals surface area (Å²) in [5, 5.41) is 10.4. The minimum atomic E-state index is -4.69. The van der Waals surface area contributed by atoms with E-state index < -0.39 is 23.2 Å². The van der Waals surface area contributed by atoms with Crippen LogP contribution < -0.4 is 5.32 Å². The molecule has 7 nitrogen and oxygen atoms in total. The van der Waals surface area contributed by atoms with Crippen molar-refractivity contribution >= 4 is 17.1 Å². The van der Waals surface area contributed by atoms with E-state index in [0.717, 1.165) is 11.6 Å². The Balaban J connectivity index is 1.61. The number of aromatic nitrogens is 5. The fourth-order valence-corrected chi connectivity index (χ4v) is 3.93. The molecule has 0 saturated heterocycles. The molecule has 5 aromatic rings. The van der Waals surface area contributed by atoms with Crippen molar-refractivity contribution in [3.63, 3.8) is 0 Å². The van der Waals surface area contributed by atoms with Crippen LogP contribution in [-0.2, 0) is 13.2 Å². The lowest BCUT2D eigenvalue weighted by atomic mass is 9.98. The number of nitrogens with one attached hydrogen (secondary N) is 1. The third-order valence-corrected chi connectivity index (χ3v) is 5.70. The highest BCUT2D eigenvalue weighted by Gasteiger charge is 2.35. The summed E-state index contributed by atoms with van der Waals surface area (Å²) in [6, 6.07) is 13.9. The molecule has 0 aliphatic rings. The van der Waals surface area contributed by atoms with Crippen LogP contribution in [0.2, 0.25) is 0 Å². The van der Waals surface area contributed by atoms with Crippen LogP contribution in [0.5, 0.6) is 0 Å². The van der Waals surface area contributed by atoms with Crippen LogP contribution in [-0.4, -0.2) is 30.3 Å². The van der Waals surface area contributed by atoms with Crippen molar-refractivity contribution in [2.75, 3.05) is 5.32 Å². The number of anilines is 1. The summed E-state index contributed by atoms with van der Waals surface area (Å²) in [7, 11) is 1.74. The van der Waals surface area contributed by atoms with Crippen LogP contribution in [0.25, 0.3) is 28.2 Å². The quantitative estimate of drug-likeness (QED) is 0.378. The van der Waals surface area contributed by atoms with Gasteiger partial charge in [-0.2, -0.15) is 13.2 Å². The molecular formula is C25H19F3N6O. The van der Waals surface area contributed by atoms with E-state index in [9.17, 15) is 18.0 Å². The number of hydrogen-bond donors (Lipinski definition) is 1. The van der Waals surface area contributed by atoms with Gasteiger partial charge in [-0.25, -0.2) is 9.67 Å². The molecule has 176 valence electrons. The number of pyridine rings is 1. The minimum Gasteiger partial charge on any atom is -0.322 e. The van der Waals surface area contributed by atoms with E-state index in [2.05, 4.69) is 20.6 Å². The first-order valence-electron chi connectivity index (χ1n) is 10.6. The maximum Gasteiger partial charge on any atom is 0.417 e. The summed E-state index contributed by atoms with van der Waals surface area (Å²) in [5.41, 5.74) is 2.32. The van der Waals surface area contributed by atoms with Gasteiger partial charge in [0.25, 0.3) is 5.91 Å². The van der Waals surface area contributed by atoms with E-state index in [4.69, 9.17) is 0 Å². The second-order valence-corrected chi connectivity index (χ2v) is 8.08. The third-order valence-electron chi connectivity index (χ3n) is 5.70. The van der Waals surface area contributed by atoms with Gasteiger partial charge in [-0.05, 0) is 42.8 Å². The highest BCUT2D eigenvalue weighted by molar-refractivity contribution is 6.06. The summed E-state index contributed by atoms with van der Waals surface area (Å²) < 4.78 is 44.7. The second-order valence-electron chi connectivity index (χ2n) is 8.08. The Kier molecular flexibility index (Phi) is 5.35. The van der Waals surface area contributed by atoms with Crippen molar-refractivity contribution < 1.29 is 18.0 Å². The second kappa shape index (κ2) is 8.39.